The molecule has 0 unspecified atom stereocenters. The van der Waals surface area contributed by atoms with E-state index in [0.29, 0.717) is 5.56 Å². The molecule has 4 nitrogen and oxygen atoms in total. The Balaban J connectivity index is 2.35. The van der Waals surface area contributed by atoms with Crippen LogP contribution in [0.1, 0.15) is 43.0 Å². The van der Waals surface area contributed by atoms with Crippen molar-refractivity contribution < 1.29 is 4.58 Å². The molecule has 0 atom stereocenters. The molecule has 172 valence electrons. The average Bonchev–Trinajstić information content (AvgIpc) is 2.80. The van der Waals surface area contributed by atoms with E-state index in [1.165, 1.54) is 0 Å². The van der Waals surface area contributed by atoms with Gasteiger partial charge in [0.2, 0.25) is 0 Å². The summed E-state index contributed by atoms with van der Waals surface area (Å²) < 4.78 is 2.09. The van der Waals surface area contributed by atoms with Gasteiger partial charge in [-0.05, 0) is 75.5 Å². The van der Waals surface area contributed by atoms with Gasteiger partial charge in [0.05, 0.1) is 0 Å². The molecule has 4 heteroatoms. The third-order valence-corrected chi connectivity index (χ3v) is 5.96. The summed E-state index contributed by atoms with van der Waals surface area (Å²) in [5.41, 5.74) is 8.49. The highest BCUT2D eigenvalue weighted by molar-refractivity contribution is 6.04. The van der Waals surface area contributed by atoms with Crippen LogP contribution in [0.3, 0.4) is 0 Å². The number of rotatable bonds is 4. The van der Waals surface area contributed by atoms with Crippen molar-refractivity contribution in [3.63, 3.8) is 0 Å². The zero-order valence-electron chi connectivity index (χ0n) is 21.2. The van der Waals surface area contributed by atoms with Gasteiger partial charge >= 0.3 is 0 Å². The quantitative estimate of drug-likeness (QED) is 0.362. The second-order valence-electron chi connectivity index (χ2n) is 9.92. The molecule has 0 bridgehead atoms. The molecule has 0 saturated heterocycles. The van der Waals surface area contributed by atoms with E-state index in [4.69, 9.17) is 5.41 Å². The summed E-state index contributed by atoms with van der Waals surface area (Å²) in [5, 5.41) is 17.2. The molecular formula is C30H33N4+. The van der Waals surface area contributed by atoms with Crippen molar-refractivity contribution in [2.24, 2.45) is 0 Å². The summed E-state index contributed by atoms with van der Waals surface area (Å²) in [4.78, 5) is 2.09. The van der Waals surface area contributed by atoms with Crippen molar-refractivity contribution in [1.82, 2.24) is 0 Å². The Labute approximate surface area is 203 Å². The van der Waals surface area contributed by atoms with Crippen LogP contribution in [0.2, 0.25) is 0 Å². The maximum Gasteiger partial charge on any atom is 0.199 e. The minimum absolute atomic E-state index is 0.123. The standard InChI is InChI=1S/C30H33N4/c1-30(2,3)26-17-23(25(19-31)20-32)16-24(18-26)29(21-8-12-27(13-9-21)33(4)5)22-10-14-28(15-11-22)34(6)7/h8-18,31H,1-7H3/q+1. The number of nitrogens with one attached hydrogen (secondary N) is 1. The van der Waals surface area contributed by atoms with Crippen LogP contribution in [-0.4, -0.2) is 44.3 Å². The van der Waals surface area contributed by atoms with E-state index in [0.717, 1.165) is 39.2 Å². The van der Waals surface area contributed by atoms with Crippen LogP contribution in [0, 0.1) is 16.7 Å². The first-order valence-corrected chi connectivity index (χ1v) is 11.3. The summed E-state index contributed by atoms with van der Waals surface area (Å²) in [6.45, 7) is 6.48. The average molecular weight is 450 g/mol. The molecule has 34 heavy (non-hydrogen) atoms. The molecule has 0 radical (unpaired) electrons. The van der Waals surface area contributed by atoms with Crippen LogP contribution in [0.5, 0.6) is 0 Å². The number of allylic oxidation sites excluding steroid dienone is 6. The highest BCUT2D eigenvalue weighted by atomic mass is 15.1. The fourth-order valence-electron chi connectivity index (χ4n) is 3.87. The van der Waals surface area contributed by atoms with Crippen molar-refractivity contribution in [2.75, 3.05) is 33.1 Å². The van der Waals surface area contributed by atoms with Crippen molar-refractivity contribution in [3.05, 3.63) is 94.6 Å². The highest BCUT2D eigenvalue weighted by Crippen LogP contribution is 2.35. The van der Waals surface area contributed by atoms with Gasteiger partial charge in [0, 0.05) is 37.5 Å². The van der Waals surface area contributed by atoms with Gasteiger partial charge < -0.3 is 4.90 Å². The first-order chi connectivity index (χ1) is 16.0. The lowest BCUT2D eigenvalue weighted by molar-refractivity contribution is -0.462. The molecular weight excluding hydrogens is 416 g/mol. The highest BCUT2D eigenvalue weighted by Gasteiger charge is 2.20. The van der Waals surface area contributed by atoms with E-state index in [9.17, 15) is 5.26 Å². The van der Waals surface area contributed by atoms with E-state index in [-0.39, 0.29) is 11.0 Å². The molecule has 1 aliphatic rings. The molecule has 0 fully saturated rings. The molecule has 0 aromatic heterocycles. The summed E-state index contributed by atoms with van der Waals surface area (Å²) in [6.07, 6.45) is 8.53. The first kappa shape index (κ1) is 24.7. The zero-order valence-corrected chi connectivity index (χ0v) is 21.2. The number of hydrogen-bond donors (Lipinski definition) is 1. The SMILES string of the molecule is CN(C)c1ccc(C(=C2C=CC(=[N+](C)C)C=C2)c2cc(C(=C=N)C#N)cc(C(C)(C)C)c2)cc1. The van der Waals surface area contributed by atoms with E-state index in [1.54, 1.807) is 0 Å². The summed E-state index contributed by atoms with van der Waals surface area (Å²) in [5.74, 6) is 2.32. The lowest BCUT2D eigenvalue weighted by Crippen LogP contribution is -2.13. The monoisotopic (exact) mass is 449 g/mol. The second-order valence-corrected chi connectivity index (χ2v) is 9.92. The number of anilines is 1. The Morgan fingerprint density at radius 1 is 0.882 bits per heavy atom. The normalized spacial score (nSPS) is 12.8. The molecule has 0 saturated carbocycles. The minimum atomic E-state index is -0.123. The maximum absolute atomic E-state index is 9.62. The van der Waals surface area contributed by atoms with Gasteiger partial charge in [-0.1, -0.05) is 39.0 Å². The van der Waals surface area contributed by atoms with Gasteiger partial charge in [0.15, 0.2) is 5.71 Å². The predicted octanol–water partition coefficient (Wildman–Crippen LogP) is 5.85. The molecule has 0 heterocycles. The fourth-order valence-corrected chi connectivity index (χ4v) is 3.87. The van der Waals surface area contributed by atoms with E-state index >= 15 is 0 Å². The van der Waals surface area contributed by atoms with Gasteiger partial charge in [-0.3, -0.25) is 5.41 Å². The Kier molecular flexibility index (Phi) is 7.20. The molecule has 0 amide bonds. The second kappa shape index (κ2) is 9.91. The Morgan fingerprint density at radius 2 is 1.47 bits per heavy atom. The molecule has 1 aliphatic carbocycles. The number of hydrogen-bond acceptors (Lipinski definition) is 3. The largest absolute Gasteiger partial charge is 0.378 e. The van der Waals surface area contributed by atoms with Crippen LogP contribution in [0.25, 0.3) is 11.1 Å². The molecule has 2 aromatic carbocycles. The van der Waals surface area contributed by atoms with Crippen LogP contribution < -0.4 is 4.90 Å². The fraction of sp³-hybridized carbons (Fsp3) is 0.267. The van der Waals surface area contributed by atoms with Gasteiger partial charge in [-0.2, -0.15) is 5.26 Å². The maximum atomic E-state index is 9.62. The first-order valence-electron chi connectivity index (χ1n) is 11.3. The summed E-state index contributed by atoms with van der Waals surface area (Å²) in [6, 6.07) is 16.9. The Bertz CT molecular complexity index is 1290. The number of nitriles is 1. The van der Waals surface area contributed by atoms with Crippen molar-refractivity contribution in [2.45, 2.75) is 26.2 Å². The summed E-state index contributed by atoms with van der Waals surface area (Å²) in [7, 11) is 8.13. The van der Waals surface area contributed by atoms with Crippen molar-refractivity contribution in [3.8, 4) is 6.07 Å². The molecule has 3 rings (SSSR count). The van der Waals surface area contributed by atoms with Crippen LogP contribution in [0.15, 0.2) is 72.3 Å². The van der Waals surface area contributed by atoms with Crippen molar-refractivity contribution in [1.29, 1.82) is 10.7 Å². The van der Waals surface area contributed by atoms with Crippen LogP contribution in [0.4, 0.5) is 5.69 Å². The van der Waals surface area contributed by atoms with Gasteiger partial charge in [-0.15, -0.1) is 0 Å². The third kappa shape index (κ3) is 5.34. The zero-order chi connectivity index (χ0) is 25.0. The smallest absolute Gasteiger partial charge is 0.199 e. The minimum Gasteiger partial charge on any atom is -0.378 e. The molecule has 2 aromatic rings. The van der Waals surface area contributed by atoms with E-state index < -0.39 is 0 Å². The lowest BCUT2D eigenvalue weighted by Gasteiger charge is -2.23. The summed E-state index contributed by atoms with van der Waals surface area (Å²) >= 11 is 0. The van der Waals surface area contributed by atoms with Crippen LogP contribution >= 0.6 is 0 Å². The molecule has 0 spiro atoms. The van der Waals surface area contributed by atoms with Crippen LogP contribution in [-0.2, 0) is 5.41 Å². The molecule has 0 aliphatic heterocycles. The number of benzene rings is 2. The van der Waals surface area contributed by atoms with Gasteiger partial charge in [-0.25, -0.2) is 4.58 Å². The van der Waals surface area contributed by atoms with Gasteiger partial charge in [0.25, 0.3) is 0 Å². The van der Waals surface area contributed by atoms with Crippen molar-refractivity contribution >= 4 is 28.4 Å². The number of nitrogens with zero attached hydrogens (tertiary/aromatic N) is 3. The topological polar surface area (TPSA) is 53.9 Å². The molecule has 1 N–H and O–H groups in total. The van der Waals surface area contributed by atoms with E-state index in [2.05, 4.69) is 96.8 Å². The Morgan fingerprint density at radius 3 is 1.94 bits per heavy atom. The van der Waals surface area contributed by atoms with Gasteiger partial charge in [0.1, 0.15) is 25.7 Å². The predicted molar refractivity (Wildman–Crippen MR) is 144 cm³/mol. The third-order valence-electron chi connectivity index (χ3n) is 5.96. The lowest BCUT2D eigenvalue weighted by atomic mass is 9.81. The van der Waals surface area contributed by atoms with E-state index in [1.807, 2.05) is 40.3 Å². The Hall–Kier alpha value is -3.93.